The van der Waals surface area contributed by atoms with Crippen molar-refractivity contribution < 1.29 is 0 Å². The van der Waals surface area contributed by atoms with Crippen molar-refractivity contribution in [1.29, 1.82) is 0 Å². The van der Waals surface area contributed by atoms with Crippen LogP contribution in [0.1, 0.15) is 11.3 Å². The minimum atomic E-state index is -0.386. The van der Waals surface area contributed by atoms with Gasteiger partial charge in [0.05, 0.1) is 0 Å². The zero-order valence-electron chi connectivity index (χ0n) is 15.9. The van der Waals surface area contributed by atoms with Gasteiger partial charge in [0.25, 0.3) is 5.56 Å². The van der Waals surface area contributed by atoms with Crippen LogP contribution in [0.3, 0.4) is 0 Å². The molecule has 0 unspecified atom stereocenters. The third-order valence-electron chi connectivity index (χ3n) is 4.85. The summed E-state index contributed by atoms with van der Waals surface area (Å²) in [6, 6.07) is 9.75. The van der Waals surface area contributed by atoms with Crippen molar-refractivity contribution in [2.45, 2.75) is 20.0 Å². The van der Waals surface area contributed by atoms with Crippen LogP contribution >= 0.6 is 0 Å². The predicted molar refractivity (Wildman–Crippen MR) is 111 cm³/mol. The first kappa shape index (κ1) is 17.8. The van der Waals surface area contributed by atoms with Crippen molar-refractivity contribution in [3.63, 3.8) is 0 Å². The SMILES string of the molecule is C=CCn1c(C)cn2c3c(=O)n(CC=Cc4ccccc4)c(=O)n(C)c3nc12. The number of nitrogens with zero attached hydrogens (tertiary/aromatic N) is 5. The molecule has 0 spiro atoms. The summed E-state index contributed by atoms with van der Waals surface area (Å²) in [7, 11) is 1.64. The van der Waals surface area contributed by atoms with Gasteiger partial charge in [-0.2, -0.15) is 4.98 Å². The molecule has 0 aliphatic rings. The second kappa shape index (κ2) is 6.84. The van der Waals surface area contributed by atoms with E-state index in [4.69, 9.17) is 0 Å². The molecule has 142 valence electrons. The maximum absolute atomic E-state index is 13.1. The van der Waals surface area contributed by atoms with Crippen LogP contribution in [0.5, 0.6) is 0 Å². The van der Waals surface area contributed by atoms with Gasteiger partial charge >= 0.3 is 5.69 Å². The van der Waals surface area contributed by atoms with Gasteiger partial charge in [-0.25, -0.2) is 4.79 Å². The van der Waals surface area contributed by atoms with Gasteiger partial charge in [-0.1, -0.05) is 48.6 Å². The first-order chi connectivity index (χ1) is 13.5. The number of aromatic nitrogens is 5. The number of rotatable bonds is 5. The molecule has 0 radical (unpaired) electrons. The van der Waals surface area contributed by atoms with Gasteiger partial charge in [-0.05, 0) is 12.5 Å². The van der Waals surface area contributed by atoms with Crippen molar-refractivity contribution in [1.82, 2.24) is 23.1 Å². The molecule has 0 amide bonds. The summed E-state index contributed by atoms with van der Waals surface area (Å²) in [5.74, 6) is 0.622. The second-order valence-electron chi connectivity index (χ2n) is 6.69. The lowest BCUT2D eigenvalue weighted by Crippen LogP contribution is -2.39. The molecule has 4 rings (SSSR count). The van der Waals surface area contributed by atoms with Crippen LogP contribution in [0.25, 0.3) is 23.0 Å². The van der Waals surface area contributed by atoms with E-state index in [0.29, 0.717) is 23.5 Å². The summed E-state index contributed by atoms with van der Waals surface area (Å²) in [6.07, 6.45) is 7.35. The Morgan fingerprint density at radius 2 is 1.86 bits per heavy atom. The van der Waals surface area contributed by atoms with Crippen molar-refractivity contribution in [3.8, 4) is 0 Å². The number of allylic oxidation sites excluding steroid dienone is 2. The Kier molecular flexibility index (Phi) is 4.35. The Bertz CT molecular complexity index is 1330. The Labute approximate surface area is 161 Å². The molecule has 28 heavy (non-hydrogen) atoms. The van der Waals surface area contributed by atoms with Crippen LogP contribution in [-0.2, 0) is 20.1 Å². The molecular formula is C21H21N5O2. The fourth-order valence-corrected chi connectivity index (χ4v) is 3.43. The van der Waals surface area contributed by atoms with Crippen LogP contribution < -0.4 is 11.2 Å². The summed E-state index contributed by atoms with van der Waals surface area (Å²) >= 11 is 0. The maximum Gasteiger partial charge on any atom is 0.332 e. The number of benzene rings is 1. The Hall–Kier alpha value is -3.61. The minimum absolute atomic E-state index is 0.190. The Morgan fingerprint density at radius 1 is 1.11 bits per heavy atom. The molecule has 0 saturated heterocycles. The summed E-state index contributed by atoms with van der Waals surface area (Å²) in [5.41, 5.74) is 2.02. The first-order valence-corrected chi connectivity index (χ1v) is 9.03. The summed E-state index contributed by atoms with van der Waals surface area (Å²) < 4.78 is 6.37. The van der Waals surface area contributed by atoms with Crippen molar-refractivity contribution >= 4 is 23.0 Å². The molecule has 0 fully saturated rings. The van der Waals surface area contributed by atoms with Crippen molar-refractivity contribution in [2.75, 3.05) is 0 Å². The molecule has 7 nitrogen and oxygen atoms in total. The monoisotopic (exact) mass is 375 g/mol. The van der Waals surface area contributed by atoms with E-state index >= 15 is 0 Å². The molecule has 3 aromatic heterocycles. The highest BCUT2D eigenvalue weighted by molar-refractivity contribution is 5.75. The molecule has 0 N–H and O–H groups in total. The van der Waals surface area contributed by atoms with E-state index in [9.17, 15) is 9.59 Å². The number of aryl methyl sites for hydroxylation is 2. The molecule has 0 aliphatic heterocycles. The quantitative estimate of drug-likeness (QED) is 0.503. The van der Waals surface area contributed by atoms with E-state index in [1.807, 2.05) is 60.2 Å². The van der Waals surface area contributed by atoms with Crippen LogP contribution in [0, 0.1) is 6.92 Å². The average molecular weight is 375 g/mol. The largest absolute Gasteiger partial charge is 0.332 e. The summed E-state index contributed by atoms with van der Waals surface area (Å²) in [6.45, 7) is 6.49. The molecule has 1 aromatic carbocycles. The lowest BCUT2D eigenvalue weighted by Gasteiger charge is -2.05. The van der Waals surface area contributed by atoms with Crippen molar-refractivity contribution in [2.24, 2.45) is 7.05 Å². The Morgan fingerprint density at radius 3 is 2.57 bits per heavy atom. The molecule has 0 saturated carbocycles. The van der Waals surface area contributed by atoms with Gasteiger partial charge in [0, 0.05) is 32.0 Å². The average Bonchev–Trinajstić information content (AvgIpc) is 3.20. The van der Waals surface area contributed by atoms with E-state index in [-0.39, 0.29) is 17.8 Å². The fourth-order valence-electron chi connectivity index (χ4n) is 3.43. The first-order valence-electron chi connectivity index (χ1n) is 9.03. The molecule has 4 aromatic rings. The topological polar surface area (TPSA) is 66.2 Å². The highest BCUT2D eigenvalue weighted by Gasteiger charge is 2.19. The highest BCUT2D eigenvalue weighted by atomic mass is 16.2. The smallest absolute Gasteiger partial charge is 0.310 e. The van der Waals surface area contributed by atoms with E-state index in [2.05, 4.69) is 11.6 Å². The lowest BCUT2D eigenvalue weighted by molar-refractivity contribution is 0.667. The fraction of sp³-hybridized carbons (Fsp3) is 0.190. The zero-order valence-corrected chi connectivity index (χ0v) is 15.9. The molecule has 7 heteroatoms. The maximum atomic E-state index is 13.1. The van der Waals surface area contributed by atoms with Crippen LogP contribution in [0.2, 0.25) is 0 Å². The molecule has 0 aliphatic carbocycles. The Balaban J connectivity index is 1.88. The number of hydrogen-bond donors (Lipinski definition) is 0. The molecule has 3 heterocycles. The van der Waals surface area contributed by atoms with Crippen LogP contribution in [0.15, 0.2) is 64.8 Å². The molecule has 0 bridgehead atoms. The third kappa shape index (κ3) is 2.72. The highest BCUT2D eigenvalue weighted by Crippen LogP contribution is 2.16. The second-order valence-corrected chi connectivity index (χ2v) is 6.69. The summed E-state index contributed by atoms with van der Waals surface area (Å²) in [5, 5.41) is 0. The van der Waals surface area contributed by atoms with E-state index in [1.54, 1.807) is 17.5 Å². The zero-order chi connectivity index (χ0) is 19.8. The molecular weight excluding hydrogens is 354 g/mol. The van der Waals surface area contributed by atoms with Gasteiger partial charge < -0.3 is 4.57 Å². The van der Waals surface area contributed by atoms with Gasteiger partial charge in [0.15, 0.2) is 11.2 Å². The van der Waals surface area contributed by atoms with Crippen LogP contribution in [0.4, 0.5) is 0 Å². The number of fused-ring (bicyclic) bond motifs is 3. The number of imidazole rings is 2. The van der Waals surface area contributed by atoms with Gasteiger partial charge in [-0.3, -0.25) is 18.3 Å². The summed E-state index contributed by atoms with van der Waals surface area (Å²) in [4.78, 5) is 30.4. The van der Waals surface area contributed by atoms with Gasteiger partial charge in [0.2, 0.25) is 5.78 Å². The standard InChI is InChI=1S/C21H21N5O2/c1-4-12-24-15(2)14-26-17-18(22-20(24)26)23(3)21(28)25(19(17)27)13-8-11-16-9-6-5-7-10-16/h4-11,14H,1,12-13H2,2-3H3. The third-order valence-corrected chi connectivity index (χ3v) is 4.85. The van der Waals surface area contributed by atoms with E-state index in [0.717, 1.165) is 11.3 Å². The van der Waals surface area contributed by atoms with Gasteiger partial charge in [0.1, 0.15) is 0 Å². The van der Waals surface area contributed by atoms with Crippen molar-refractivity contribution in [3.05, 3.63) is 87.4 Å². The minimum Gasteiger partial charge on any atom is -0.310 e. The van der Waals surface area contributed by atoms with E-state index < -0.39 is 0 Å². The van der Waals surface area contributed by atoms with Crippen LogP contribution in [-0.4, -0.2) is 23.1 Å². The molecule has 0 atom stereocenters. The normalized spacial score (nSPS) is 11.8. The predicted octanol–water partition coefficient (Wildman–Crippen LogP) is 2.36. The van der Waals surface area contributed by atoms with Gasteiger partial charge in [-0.15, -0.1) is 6.58 Å². The van der Waals surface area contributed by atoms with E-state index in [1.165, 1.54) is 9.13 Å². The number of hydrogen-bond acceptors (Lipinski definition) is 3. The lowest BCUT2D eigenvalue weighted by atomic mass is 10.2.